The van der Waals surface area contributed by atoms with E-state index in [1.807, 2.05) is 18.2 Å². The molecule has 116 valence electrons. The van der Waals surface area contributed by atoms with Crippen molar-refractivity contribution in [3.8, 4) is 17.2 Å². The maximum absolute atomic E-state index is 13.4. The van der Waals surface area contributed by atoms with Gasteiger partial charge in [0.2, 0.25) is 0 Å². The van der Waals surface area contributed by atoms with Crippen LogP contribution in [0.25, 0.3) is 6.08 Å². The summed E-state index contributed by atoms with van der Waals surface area (Å²) < 4.78 is 29.9. The second-order valence-corrected chi connectivity index (χ2v) is 5.33. The minimum absolute atomic E-state index is 0.159. The van der Waals surface area contributed by atoms with Gasteiger partial charge in [0.15, 0.2) is 17.3 Å². The molecule has 0 aromatic heterocycles. The second kappa shape index (κ2) is 5.43. The second-order valence-electron chi connectivity index (χ2n) is 5.33. The lowest BCUT2D eigenvalue weighted by atomic mass is 9.98. The summed E-state index contributed by atoms with van der Waals surface area (Å²) in [5.41, 5.74) is 1.53. The minimum atomic E-state index is -0.457. The molecular formula is C18H13FO4. The molecule has 23 heavy (non-hydrogen) atoms. The first-order chi connectivity index (χ1) is 11.2. The fourth-order valence-corrected chi connectivity index (χ4v) is 2.66. The summed E-state index contributed by atoms with van der Waals surface area (Å²) in [5, 5.41) is 0. The van der Waals surface area contributed by atoms with E-state index >= 15 is 0 Å². The van der Waals surface area contributed by atoms with Gasteiger partial charge in [-0.3, -0.25) is 4.79 Å². The molecule has 0 atom stereocenters. The summed E-state index contributed by atoms with van der Waals surface area (Å²) in [4.78, 5) is 12.5. The Bertz CT molecular complexity index is 826. The van der Waals surface area contributed by atoms with E-state index in [-0.39, 0.29) is 18.0 Å². The number of carbonyl (C=O) groups is 1. The Balaban J connectivity index is 1.68. The number of fused-ring (bicyclic) bond motifs is 2. The van der Waals surface area contributed by atoms with Crippen molar-refractivity contribution in [3.63, 3.8) is 0 Å². The van der Waals surface area contributed by atoms with Crippen molar-refractivity contribution in [2.24, 2.45) is 0 Å². The lowest BCUT2D eigenvalue weighted by Gasteiger charge is -2.20. The summed E-state index contributed by atoms with van der Waals surface area (Å²) in [6, 6.07) is 9.42. The Morgan fingerprint density at radius 3 is 2.57 bits per heavy atom. The highest BCUT2D eigenvalue weighted by Crippen LogP contribution is 2.33. The van der Waals surface area contributed by atoms with Gasteiger partial charge in [0.25, 0.3) is 0 Å². The molecule has 0 N–H and O–H groups in total. The number of ether oxygens (including phenoxy) is 3. The Hall–Kier alpha value is -2.82. The molecule has 0 saturated heterocycles. The van der Waals surface area contributed by atoms with Gasteiger partial charge < -0.3 is 14.2 Å². The smallest absolute Gasteiger partial charge is 0.196 e. The molecule has 0 amide bonds. The predicted octanol–water partition coefficient (Wildman–Crippen LogP) is 3.26. The van der Waals surface area contributed by atoms with Crippen molar-refractivity contribution in [2.45, 2.75) is 0 Å². The normalized spacial score (nSPS) is 17.6. The van der Waals surface area contributed by atoms with Crippen LogP contribution in [0, 0.1) is 5.82 Å². The average molecular weight is 312 g/mol. The van der Waals surface area contributed by atoms with Gasteiger partial charge in [-0.1, -0.05) is 6.07 Å². The molecule has 5 heteroatoms. The molecule has 4 rings (SSSR count). The Labute approximate surface area is 132 Å². The van der Waals surface area contributed by atoms with Crippen LogP contribution in [0.3, 0.4) is 0 Å². The Kier molecular flexibility index (Phi) is 3.26. The SMILES string of the molecule is O=C1/C(=C\c2ccc3c(c2)OCCO3)COc2ccc(F)cc21. The number of hydrogen-bond donors (Lipinski definition) is 0. The maximum atomic E-state index is 13.4. The van der Waals surface area contributed by atoms with Crippen molar-refractivity contribution >= 4 is 11.9 Å². The van der Waals surface area contributed by atoms with E-state index in [9.17, 15) is 9.18 Å². The van der Waals surface area contributed by atoms with Crippen molar-refractivity contribution in [1.82, 2.24) is 0 Å². The lowest BCUT2D eigenvalue weighted by molar-refractivity contribution is 0.1000. The molecule has 2 aromatic carbocycles. The van der Waals surface area contributed by atoms with Gasteiger partial charge in [-0.2, -0.15) is 0 Å². The lowest BCUT2D eigenvalue weighted by Crippen LogP contribution is -2.19. The number of Topliss-reactive ketones (excluding diaryl/α,β-unsaturated/α-hetero) is 1. The van der Waals surface area contributed by atoms with Gasteiger partial charge >= 0.3 is 0 Å². The molecule has 0 spiro atoms. The zero-order valence-electron chi connectivity index (χ0n) is 12.2. The molecule has 2 aliphatic heterocycles. The summed E-state index contributed by atoms with van der Waals surface area (Å²) in [5.74, 6) is 1.08. The van der Waals surface area contributed by atoms with Crippen molar-refractivity contribution in [1.29, 1.82) is 0 Å². The Morgan fingerprint density at radius 2 is 1.70 bits per heavy atom. The molecule has 0 bridgehead atoms. The van der Waals surface area contributed by atoms with E-state index in [4.69, 9.17) is 14.2 Å². The van der Waals surface area contributed by atoms with Crippen molar-refractivity contribution in [3.05, 3.63) is 58.9 Å². The first kappa shape index (κ1) is 13.8. The van der Waals surface area contributed by atoms with Gasteiger partial charge in [-0.05, 0) is 42.0 Å². The van der Waals surface area contributed by atoms with Crippen LogP contribution in [0.4, 0.5) is 4.39 Å². The molecule has 0 unspecified atom stereocenters. The summed E-state index contributed by atoms with van der Waals surface area (Å²) in [7, 11) is 0. The summed E-state index contributed by atoms with van der Waals surface area (Å²) >= 11 is 0. The van der Waals surface area contributed by atoms with E-state index in [0.29, 0.717) is 36.0 Å². The fraction of sp³-hybridized carbons (Fsp3) is 0.167. The van der Waals surface area contributed by atoms with Crippen LogP contribution in [0.5, 0.6) is 17.2 Å². The molecule has 2 aliphatic rings. The number of hydrogen-bond acceptors (Lipinski definition) is 4. The van der Waals surface area contributed by atoms with E-state index in [1.54, 1.807) is 6.08 Å². The first-order valence-electron chi connectivity index (χ1n) is 7.28. The van der Waals surface area contributed by atoms with Crippen LogP contribution in [-0.4, -0.2) is 25.6 Å². The molecular weight excluding hydrogens is 299 g/mol. The van der Waals surface area contributed by atoms with Crippen LogP contribution in [-0.2, 0) is 0 Å². The quantitative estimate of drug-likeness (QED) is 0.758. The molecule has 0 fully saturated rings. The molecule has 0 radical (unpaired) electrons. The fourth-order valence-electron chi connectivity index (χ4n) is 2.66. The highest BCUT2D eigenvalue weighted by atomic mass is 19.1. The van der Waals surface area contributed by atoms with Gasteiger partial charge in [0.05, 0.1) is 5.56 Å². The zero-order chi connectivity index (χ0) is 15.8. The number of ketones is 1. The van der Waals surface area contributed by atoms with Gasteiger partial charge in [-0.25, -0.2) is 4.39 Å². The van der Waals surface area contributed by atoms with E-state index in [2.05, 4.69) is 0 Å². The van der Waals surface area contributed by atoms with Crippen LogP contribution in [0.2, 0.25) is 0 Å². The van der Waals surface area contributed by atoms with Crippen LogP contribution >= 0.6 is 0 Å². The summed E-state index contributed by atoms with van der Waals surface area (Å²) in [6.45, 7) is 1.19. The zero-order valence-corrected chi connectivity index (χ0v) is 12.2. The highest BCUT2D eigenvalue weighted by molar-refractivity contribution is 6.14. The minimum Gasteiger partial charge on any atom is -0.488 e. The third kappa shape index (κ3) is 2.54. The first-order valence-corrected chi connectivity index (χ1v) is 7.28. The van der Waals surface area contributed by atoms with E-state index in [0.717, 1.165) is 5.56 Å². The third-order valence-corrected chi connectivity index (χ3v) is 3.77. The number of benzene rings is 2. The van der Waals surface area contributed by atoms with E-state index in [1.165, 1.54) is 18.2 Å². The average Bonchev–Trinajstić information content (AvgIpc) is 2.58. The van der Waals surface area contributed by atoms with E-state index < -0.39 is 5.82 Å². The monoisotopic (exact) mass is 312 g/mol. The standard InChI is InChI=1S/C18H13FO4/c19-13-2-4-15-14(9-13)18(20)12(10-23-15)7-11-1-3-16-17(8-11)22-6-5-21-16/h1-4,7-9H,5-6,10H2/b12-7-. The third-order valence-electron chi connectivity index (χ3n) is 3.77. The molecule has 0 aliphatic carbocycles. The van der Waals surface area contributed by atoms with Gasteiger partial charge in [0.1, 0.15) is 31.4 Å². The van der Waals surface area contributed by atoms with Crippen molar-refractivity contribution < 1.29 is 23.4 Å². The number of halogens is 1. The van der Waals surface area contributed by atoms with Gasteiger partial charge in [0, 0.05) is 5.57 Å². The Morgan fingerprint density at radius 1 is 0.913 bits per heavy atom. The largest absolute Gasteiger partial charge is 0.488 e. The highest BCUT2D eigenvalue weighted by Gasteiger charge is 2.24. The number of rotatable bonds is 1. The molecule has 0 saturated carbocycles. The molecule has 2 heterocycles. The number of carbonyl (C=O) groups excluding carboxylic acids is 1. The van der Waals surface area contributed by atoms with Crippen LogP contribution in [0.15, 0.2) is 42.0 Å². The van der Waals surface area contributed by atoms with Crippen molar-refractivity contribution in [2.75, 3.05) is 19.8 Å². The predicted molar refractivity (Wildman–Crippen MR) is 81.6 cm³/mol. The molecule has 4 nitrogen and oxygen atoms in total. The molecule has 2 aromatic rings. The summed E-state index contributed by atoms with van der Waals surface area (Å²) in [6.07, 6.45) is 1.73. The van der Waals surface area contributed by atoms with Gasteiger partial charge in [-0.15, -0.1) is 0 Å². The van der Waals surface area contributed by atoms with Crippen LogP contribution < -0.4 is 14.2 Å². The topological polar surface area (TPSA) is 44.8 Å². The van der Waals surface area contributed by atoms with Crippen LogP contribution in [0.1, 0.15) is 15.9 Å². The maximum Gasteiger partial charge on any atom is 0.196 e.